The summed E-state index contributed by atoms with van der Waals surface area (Å²) >= 11 is 0. The normalized spacial score (nSPS) is 16.6. The van der Waals surface area contributed by atoms with Gasteiger partial charge in [0, 0.05) is 39.1 Å². The quantitative estimate of drug-likeness (QED) is 0.832. The topological polar surface area (TPSA) is 59.4 Å². The number of amides is 1. The van der Waals surface area contributed by atoms with Crippen molar-refractivity contribution in [2.75, 3.05) is 20.2 Å². The summed E-state index contributed by atoms with van der Waals surface area (Å²) in [7, 11) is 3.58. The van der Waals surface area contributed by atoms with Gasteiger partial charge >= 0.3 is 0 Å². The van der Waals surface area contributed by atoms with E-state index in [1.54, 1.807) is 11.8 Å². The largest absolute Gasteiger partial charge is 0.481 e. The third-order valence-electron chi connectivity index (χ3n) is 4.15. The van der Waals surface area contributed by atoms with E-state index in [4.69, 9.17) is 4.74 Å². The van der Waals surface area contributed by atoms with E-state index < -0.39 is 0 Å². The van der Waals surface area contributed by atoms with Gasteiger partial charge in [-0.1, -0.05) is 13.8 Å². The summed E-state index contributed by atoms with van der Waals surface area (Å²) < 4.78 is 7.28. The molecule has 22 heavy (non-hydrogen) atoms. The second-order valence-corrected chi connectivity index (χ2v) is 6.38. The van der Waals surface area contributed by atoms with Gasteiger partial charge < -0.3 is 15.0 Å². The van der Waals surface area contributed by atoms with Crippen LogP contribution in [0, 0.1) is 0 Å². The van der Waals surface area contributed by atoms with Gasteiger partial charge in [0.15, 0.2) is 0 Å². The lowest BCUT2D eigenvalue weighted by Gasteiger charge is -2.22. The van der Waals surface area contributed by atoms with E-state index >= 15 is 0 Å². The number of nitrogens with zero attached hydrogens (tertiary/aromatic N) is 3. The van der Waals surface area contributed by atoms with Crippen molar-refractivity contribution in [1.82, 2.24) is 20.0 Å². The van der Waals surface area contributed by atoms with E-state index in [1.807, 2.05) is 11.9 Å². The molecule has 0 saturated carbocycles. The van der Waals surface area contributed by atoms with Gasteiger partial charge in [0.05, 0.1) is 18.4 Å². The van der Waals surface area contributed by atoms with Crippen molar-refractivity contribution in [3.05, 3.63) is 11.3 Å². The number of methoxy groups -OCH3 is 1. The van der Waals surface area contributed by atoms with Gasteiger partial charge in [-0.2, -0.15) is 5.10 Å². The zero-order chi connectivity index (χ0) is 16.3. The average Bonchev–Trinajstić information content (AvgIpc) is 3.00. The third kappa shape index (κ3) is 3.61. The molecular weight excluding hydrogens is 280 g/mol. The Morgan fingerprint density at radius 1 is 1.36 bits per heavy atom. The highest BCUT2D eigenvalue weighted by Gasteiger charge is 2.23. The van der Waals surface area contributed by atoms with Crippen molar-refractivity contribution in [3.8, 4) is 5.88 Å². The minimum atomic E-state index is 0.243. The Hall–Kier alpha value is -1.56. The second-order valence-electron chi connectivity index (χ2n) is 6.38. The van der Waals surface area contributed by atoms with E-state index in [0.29, 0.717) is 18.9 Å². The number of carbonyl (C=O) groups is 1. The van der Waals surface area contributed by atoms with Gasteiger partial charge in [0.1, 0.15) is 0 Å². The molecule has 0 spiro atoms. The Bertz CT molecular complexity index is 524. The molecule has 1 fully saturated rings. The fourth-order valence-corrected chi connectivity index (χ4v) is 3.03. The molecule has 0 aromatic carbocycles. The van der Waals surface area contributed by atoms with Crippen LogP contribution in [0.5, 0.6) is 5.88 Å². The first-order chi connectivity index (χ1) is 10.4. The van der Waals surface area contributed by atoms with Gasteiger partial charge in [-0.3, -0.25) is 4.79 Å². The van der Waals surface area contributed by atoms with E-state index in [-0.39, 0.29) is 11.9 Å². The molecule has 1 aromatic heterocycles. The van der Waals surface area contributed by atoms with Crippen LogP contribution in [0.4, 0.5) is 0 Å². The van der Waals surface area contributed by atoms with Crippen molar-refractivity contribution < 1.29 is 9.53 Å². The second kappa shape index (κ2) is 7.13. The number of likely N-dealkylation sites (tertiary alicyclic amines) is 1. The molecule has 1 aliphatic rings. The first kappa shape index (κ1) is 16.8. The predicted molar refractivity (Wildman–Crippen MR) is 86.0 cm³/mol. The highest BCUT2D eigenvalue weighted by molar-refractivity contribution is 5.78. The maximum atomic E-state index is 11.7. The minimum Gasteiger partial charge on any atom is -0.481 e. The smallest absolute Gasteiger partial charge is 0.222 e. The molecule has 1 N–H and O–H groups in total. The summed E-state index contributed by atoms with van der Waals surface area (Å²) in [6, 6.07) is 0.243. The van der Waals surface area contributed by atoms with E-state index in [1.165, 1.54) is 0 Å². The van der Waals surface area contributed by atoms with Gasteiger partial charge in [-0.25, -0.2) is 4.68 Å². The molecule has 0 unspecified atom stereocenters. The van der Waals surface area contributed by atoms with Crippen molar-refractivity contribution >= 4 is 5.91 Å². The van der Waals surface area contributed by atoms with Crippen LogP contribution in [0.2, 0.25) is 0 Å². The monoisotopic (exact) mass is 308 g/mol. The maximum absolute atomic E-state index is 11.7. The fraction of sp³-hybridized carbons (Fsp3) is 0.750. The maximum Gasteiger partial charge on any atom is 0.222 e. The predicted octanol–water partition coefficient (Wildman–Crippen LogP) is 1.65. The number of hydrogen-bond donors (Lipinski definition) is 1. The van der Waals surface area contributed by atoms with Crippen LogP contribution in [-0.4, -0.2) is 46.8 Å². The molecule has 124 valence electrons. The number of carbonyl (C=O) groups excluding carboxylic acids is 1. The lowest BCUT2D eigenvalue weighted by molar-refractivity contribution is -0.127. The van der Waals surface area contributed by atoms with Crippen molar-refractivity contribution in [2.45, 2.75) is 52.1 Å². The molecule has 1 atom stereocenters. The van der Waals surface area contributed by atoms with Crippen molar-refractivity contribution in [3.63, 3.8) is 0 Å². The molecule has 6 nitrogen and oxygen atoms in total. The number of nitrogens with one attached hydrogen (secondary N) is 1. The first-order valence-corrected chi connectivity index (χ1v) is 8.05. The summed E-state index contributed by atoms with van der Waals surface area (Å²) in [5, 5.41) is 8.06. The Morgan fingerprint density at radius 2 is 2.09 bits per heavy atom. The van der Waals surface area contributed by atoms with Crippen LogP contribution in [0.1, 0.15) is 50.8 Å². The average molecular weight is 308 g/mol. The lowest BCUT2D eigenvalue weighted by atomic mass is 10.1. The fourth-order valence-electron chi connectivity index (χ4n) is 3.03. The van der Waals surface area contributed by atoms with E-state index in [2.05, 4.69) is 31.2 Å². The summed E-state index contributed by atoms with van der Waals surface area (Å²) in [5.74, 6) is 1.43. The van der Waals surface area contributed by atoms with Crippen LogP contribution < -0.4 is 10.1 Å². The molecular formula is C16H28N4O2. The Morgan fingerprint density at radius 3 is 2.64 bits per heavy atom. The number of ether oxygens (including phenoxy) is 1. The lowest BCUT2D eigenvalue weighted by Crippen LogP contribution is -2.39. The highest BCUT2D eigenvalue weighted by atomic mass is 16.5. The van der Waals surface area contributed by atoms with Crippen LogP contribution in [0.15, 0.2) is 0 Å². The minimum absolute atomic E-state index is 0.243. The molecule has 1 aliphatic heterocycles. The molecule has 0 bridgehead atoms. The van der Waals surface area contributed by atoms with E-state index in [0.717, 1.165) is 36.6 Å². The molecule has 6 heteroatoms. The summed E-state index contributed by atoms with van der Waals surface area (Å²) in [6.45, 7) is 8.74. The number of rotatable bonds is 7. The summed E-state index contributed by atoms with van der Waals surface area (Å²) in [5.41, 5.74) is 2.18. The SMILES string of the molecule is COc1c(CN[C@@H](C)CN2CCCC2=O)c(C(C)C)nn1C. The van der Waals surface area contributed by atoms with Crippen LogP contribution in [0.3, 0.4) is 0 Å². The van der Waals surface area contributed by atoms with Gasteiger partial charge in [-0.15, -0.1) is 0 Å². The molecule has 1 saturated heterocycles. The Kier molecular flexibility index (Phi) is 5.45. The first-order valence-electron chi connectivity index (χ1n) is 8.05. The highest BCUT2D eigenvalue weighted by Crippen LogP contribution is 2.27. The van der Waals surface area contributed by atoms with Crippen LogP contribution in [-0.2, 0) is 18.4 Å². The number of aromatic nitrogens is 2. The zero-order valence-electron chi connectivity index (χ0n) is 14.3. The summed E-state index contributed by atoms with van der Waals surface area (Å²) in [4.78, 5) is 13.6. The molecule has 0 radical (unpaired) electrons. The molecule has 1 aromatic rings. The number of aryl methyl sites for hydroxylation is 1. The molecule has 2 heterocycles. The van der Waals surface area contributed by atoms with E-state index in [9.17, 15) is 4.79 Å². The van der Waals surface area contributed by atoms with Gasteiger partial charge in [-0.05, 0) is 19.3 Å². The van der Waals surface area contributed by atoms with Crippen molar-refractivity contribution in [1.29, 1.82) is 0 Å². The summed E-state index contributed by atoms with van der Waals surface area (Å²) in [6.07, 6.45) is 1.68. The molecule has 2 rings (SSSR count). The Labute approximate surface area is 132 Å². The number of hydrogen-bond acceptors (Lipinski definition) is 4. The molecule has 1 amide bonds. The van der Waals surface area contributed by atoms with Crippen LogP contribution in [0.25, 0.3) is 0 Å². The zero-order valence-corrected chi connectivity index (χ0v) is 14.3. The van der Waals surface area contributed by atoms with Gasteiger partial charge in [0.2, 0.25) is 11.8 Å². The van der Waals surface area contributed by atoms with Crippen molar-refractivity contribution in [2.24, 2.45) is 7.05 Å². The Balaban J connectivity index is 1.99. The van der Waals surface area contributed by atoms with Gasteiger partial charge in [0.25, 0.3) is 0 Å². The third-order valence-corrected chi connectivity index (χ3v) is 4.15. The standard InChI is InChI=1S/C16H28N4O2/c1-11(2)15-13(16(22-5)19(4)18-15)9-17-12(3)10-20-8-6-7-14(20)21/h11-12,17H,6-10H2,1-5H3/t12-/m0/s1. The van der Waals surface area contributed by atoms with Crippen LogP contribution >= 0.6 is 0 Å². The molecule has 0 aliphatic carbocycles.